The molecule has 0 aliphatic rings. The van der Waals surface area contributed by atoms with Gasteiger partial charge in [-0.2, -0.15) is 4.98 Å². The van der Waals surface area contributed by atoms with Crippen LogP contribution >= 0.6 is 0 Å². The summed E-state index contributed by atoms with van der Waals surface area (Å²) in [6.07, 6.45) is 0. The number of likely N-dealkylation sites (N-methyl/N-ethyl adjacent to an activating group) is 1. The molecular formula is C6H9N3O2. The molecule has 1 N–H and O–H groups in total. The van der Waals surface area contributed by atoms with E-state index in [1.54, 1.807) is 14.0 Å². The molecule has 0 aromatic carbocycles. The van der Waals surface area contributed by atoms with Crippen molar-refractivity contribution in [1.82, 2.24) is 15.5 Å². The van der Waals surface area contributed by atoms with Gasteiger partial charge in [-0.05, 0) is 14.0 Å². The van der Waals surface area contributed by atoms with Crippen LogP contribution in [-0.2, 0) is 0 Å². The van der Waals surface area contributed by atoms with Gasteiger partial charge < -0.3 is 9.84 Å². The predicted octanol–water partition coefficient (Wildman–Crippen LogP) is -0.220. The van der Waals surface area contributed by atoms with E-state index in [-0.39, 0.29) is 18.2 Å². The first-order valence-corrected chi connectivity index (χ1v) is 3.22. The van der Waals surface area contributed by atoms with Crippen molar-refractivity contribution in [2.24, 2.45) is 0 Å². The van der Waals surface area contributed by atoms with Crippen molar-refractivity contribution in [2.75, 3.05) is 13.6 Å². The number of nitrogens with zero attached hydrogens (tertiary/aromatic N) is 2. The van der Waals surface area contributed by atoms with E-state index in [4.69, 9.17) is 0 Å². The fourth-order valence-electron chi connectivity index (χ4n) is 0.647. The summed E-state index contributed by atoms with van der Waals surface area (Å²) in [5, 5.41) is 6.18. The molecule has 0 fully saturated rings. The average molecular weight is 155 g/mol. The summed E-state index contributed by atoms with van der Waals surface area (Å²) in [4.78, 5) is 14.8. The first-order valence-electron chi connectivity index (χ1n) is 3.22. The number of aryl methyl sites for hydroxylation is 1. The highest BCUT2D eigenvalue weighted by molar-refractivity contribution is 5.93. The highest BCUT2D eigenvalue weighted by Crippen LogP contribution is 1.95. The van der Waals surface area contributed by atoms with Gasteiger partial charge in [0, 0.05) is 0 Å². The van der Waals surface area contributed by atoms with Crippen LogP contribution in [0.5, 0.6) is 0 Å². The van der Waals surface area contributed by atoms with E-state index in [1.807, 2.05) is 0 Å². The van der Waals surface area contributed by atoms with E-state index in [0.29, 0.717) is 5.82 Å². The lowest BCUT2D eigenvalue weighted by Gasteiger charge is -1.89. The van der Waals surface area contributed by atoms with E-state index >= 15 is 0 Å². The van der Waals surface area contributed by atoms with Gasteiger partial charge in [-0.15, -0.1) is 0 Å². The highest BCUT2D eigenvalue weighted by atomic mass is 16.5. The fraction of sp³-hybridized carbons (Fsp3) is 0.500. The van der Waals surface area contributed by atoms with Crippen LogP contribution < -0.4 is 5.32 Å². The Bertz CT molecular complexity index is 256. The lowest BCUT2D eigenvalue weighted by atomic mass is 10.4. The molecule has 0 aliphatic carbocycles. The SMILES string of the molecule is CNCC(=O)c1nc(C)no1. The number of hydrogen-bond acceptors (Lipinski definition) is 5. The Balaban J connectivity index is 2.69. The summed E-state index contributed by atoms with van der Waals surface area (Å²) in [6.45, 7) is 1.89. The summed E-state index contributed by atoms with van der Waals surface area (Å²) < 4.78 is 4.63. The molecule has 1 aromatic heterocycles. The van der Waals surface area contributed by atoms with Crippen LogP contribution in [0.1, 0.15) is 16.5 Å². The summed E-state index contributed by atoms with van der Waals surface area (Å²) in [6, 6.07) is 0. The van der Waals surface area contributed by atoms with Gasteiger partial charge in [0.2, 0.25) is 5.78 Å². The molecule has 11 heavy (non-hydrogen) atoms. The molecule has 1 rings (SSSR count). The zero-order chi connectivity index (χ0) is 8.27. The van der Waals surface area contributed by atoms with Gasteiger partial charge in [0.1, 0.15) is 0 Å². The fourth-order valence-corrected chi connectivity index (χ4v) is 0.647. The Morgan fingerprint density at radius 3 is 2.91 bits per heavy atom. The normalized spacial score (nSPS) is 10.0. The summed E-state index contributed by atoms with van der Waals surface area (Å²) in [5.74, 6) is 0.356. The summed E-state index contributed by atoms with van der Waals surface area (Å²) in [7, 11) is 1.68. The first-order chi connectivity index (χ1) is 5.24. The smallest absolute Gasteiger partial charge is 0.295 e. The van der Waals surface area contributed by atoms with Crippen LogP contribution in [0.25, 0.3) is 0 Å². The molecule has 0 spiro atoms. The second-order valence-electron chi connectivity index (χ2n) is 2.10. The number of Topliss-reactive ketones (excluding diaryl/α,β-unsaturated/α-hetero) is 1. The molecule has 0 atom stereocenters. The number of carbonyl (C=O) groups excluding carboxylic acids is 1. The first kappa shape index (κ1) is 7.87. The Hall–Kier alpha value is -1.23. The quantitative estimate of drug-likeness (QED) is 0.611. The van der Waals surface area contributed by atoms with Gasteiger partial charge in [-0.25, -0.2) is 0 Å². The Labute approximate surface area is 63.8 Å². The van der Waals surface area contributed by atoms with Gasteiger partial charge in [0.05, 0.1) is 6.54 Å². The molecule has 1 aromatic rings. The van der Waals surface area contributed by atoms with Gasteiger partial charge >= 0.3 is 0 Å². The maximum Gasteiger partial charge on any atom is 0.295 e. The van der Waals surface area contributed by atoms with Crippen LogP contribution in [0.15, 0.2) is 4.52 Å². The number of hydrogen-bond donors (Lipinski definition) is 1. The topological polar surface area (TPSA) is 68.0 Å². The number of carbonyl (C=O) groups is 1. The molecule has 60 valence electrons. The van der Waals surface area contributed by atoms with Crippen LogP contribution in [0.3, 0.4) is 0 Å². The van der Waals surface area contributed by atoms with Crippen LogP contribution in [-0.4, -0.2) is 29.5 Å². The Kier molecular flexibility index (Phi) is 2.32. The maximum absolute atomic E-state index is 11.0. The average Bonchev–Trinajstić information content (AvgIpc) is 2.36. The molecule has 0 radical (unpaired) electrons. The predicted molar refractivity (Wildman–Crippen MR) is 37.3 cm³/mol. The molecule has 1 heterocycles. The molecule has 5 nitrogen and oxygen atoms in total. The Morgan fingerprint density at radius 2 is 2.45 bits per heavy atom. The van der Waals surface area contributed by atoms with E-state index in [9.17, 15) is 4.79 Å². The third kappa shape index (κ3) is 1.84. The van der Waals surface area contributed by atoms with Crippen LogP contribution in [0.4, 0.5) is 0 Å². The molecule has 0 saturated heterocycles. The van der Waals surface area contributed by atoms with Crippen molar-refractivity contribution in [3.05, 3.63) is 11.7 Å². The summed E-state index contributed by atoms with van der Waals surface area (Å²) >= 11 is 0. The standard InChI is InChI=1S/C6H9N3O2/c1-4-8-6(11-9-4)5(10)3-7-2/h7H,3H2,1-2H3. The lowest BCUT2D eigenvalue weighted by Crippen LogP contribution is -2.18. The minimum atomic E-state index is -0.187. The number of rotatable bonds is 3. The second-order valence-corrected chi connectivity index (χ2v) is 2.10. The van der Waals surface area contributed by atoms with Crippen LogP contribution in [0.2, 0.25) is 0 Å². The molecule has 0 aliphatic heterocycles. The molecule has 0 amide bonds. The van der Waals surface area contributed by atoms with Crippen molar-refractivity contribution in [3.63, 3.8) is 0 Å². The molecule has 0 bridgehead atoms. The minimum absolute atomic E-state index is 0.0665. The van der Waals surface area contributed by atoms with Crippen molar-refractivity contribution in [3.8, 4) is 0 Å². The maximum atomic E-state index is 11.0. The Morgan fingerprint density at radius 1 is 1.73 bits per heavy atom. The number of nitrogens with one attached hydrogen (secondary N) is 1. The molecule has 5 heteroatoms. The minimum Gasteiger partial charge on any atom is -0.331 e. The number of aromatic nitrogens is 2. The van der Waals surface area contributed by atoms with E-state index < -0.39 is 0 Å². The highest BCUT2D eigenvalue weighted by Gasteiger charge is 2.11. The zero-order valence-electron chi connectivity index (χ0n) is 6.42. The van der Waals surface area contributed by atoms with E-state index in [2.05, 4.69) is 20.0 Å². The zero-order valence-corrected chi connectivity index (χ0v) is 6.42. The van der Waals surface area contributed by atoms with Crippen molar-refractivity contribution in [1.29, 1.82) is 0 Å². The third-order valence-electron chi connectivity index (χ3n) is 1.10. The van der Waals surface area contributed by atoms with Crippen LogP contribution in [0, 0.1) is 6.92 Å². The van der Waals surface area contributed by atoms with Crippen molar-refractivity contribution < 1.29 is 9.32 Å². The summed E-state index contributed by atoms with van der Waals surface area (Å²) in [5.41, 5.74) is 0. The van der Waals surface area contributed by atoms with Gasteiger partial charge in [-0.3, -0.25) is 4.79 Å². The van der Waals surface area contributed by atoms with Gasteiger partial charge in [0.15, 0.2) is 5.82 Å². The number of ketones is 1. The molecule has 0 saturated carbocycles. The lowest BCUT2D eigenvalue weighted by molar-refractivity contribution is 0.0951. The third-order valence-corrected chi connectivity index (χ3v) is 1.10. The van der Waals surface area contributed by atoms with Gasteiger partial charge in [0.25, 0.3) is 5.89 Å². The molecule has 0 unspecified atom stereocenters. The van der Waals surface area contributed by atoms with Crippen molar-refractivity contribution >= 4 is 5.78 Å². The van der Waals surface area contributed by atoms with Gasteiger partial charge in [-0.1, -0.05) is 5.16 Å². The molecular weight excluding hydrogens is 146 g/mol. The second kappa shape index (κ2) is 3.25. The van der Waals surface area contributed by atoms with E-state index in [0.717, 1.165) is 0 Å². The monoisotopic (exact) mass is 155 g/mol. The largest absolute Gasteiger partial charge is 0.331 e. The van der Waals surface area contributed by atoms with Crippen molar-refractivity contribution in [2.45, 2.75) is 6.92 Å². The van der Waals surface area contributed by atoms with E-state index in [1.165, 1.54) is 0 Å².